The number of nitrogens with zero attached hydrogens (tertiary/aromatic N) is 3. The zero-order valence-electron chi connectivity index (χ0n) is 9.65. The van der Waals surface area contributed by atoms with Crippen molar-refractivity contribution in [2.24, 2.45) is 5.16 Å². The lowest BCUT2D eigenvalue weighted by molar-refractivity contribution is 0.322. The standard InChI is InChI=1S/C12H11N3O3/c1-17-11-6-9(7-15-16)2-3-10(11)18-12-8-13-4-5-14-12/h2-8,16H,1H3/b15-7+. The van der Waals surface area contributed by atoms with Crippen molar-refractivity contribution in [3.63, 3.8) is 0 Å². The minimum atomic E-state index is 0.374. The van der Waals surface area contributed by atoms with Crippen LogP contribution in [0.15, 0.2) is 41.9 Å². The number of benzene rings is 1. The van der Waals surface area contributed by atoms with E-state index >= 15 is 0 Å². The molecule has 1 aromatic carbocycles. The average Bonchev–Trinajstić information content (AvgIpc) is 2.42. The predicted molar refractivity (Wildman–Crippen MR) is 64.5 cm³/mol. The Morgan fingerprint density at radius 3 is 2.83 bits per heavy atom. The lowest BCUT2D eigenvalue weighted by atomic mass is 10.2. The zero-order valence-corrected chi connectivity index (χ0v) is 9.65. The number of rotatable bonds is 4. The third-order valence-corrected chi connectivity index (χ3v) is 2.15. The van der Waals surface area contributed by atoms with Crippen LogP contribution < -0.4 is 9.47 Å². The first kappa shape index (κ1) is 11.8. The predicted octanol–water partition coefficient (Wildman–Crippen LogP) is 2.09. The first-order valence-corrected chi connectivity index (χ1v) is 5.13. The van der Waals surface area contributed by atoms with Crippen LogP contribution in [-0.2, 0) is 0 Å². The highest BCUT2D eigenvalue weighted by Crippen LogP contribution is 2.30. The summed E-state index contributed by atoms with van der Waals surface area (Å²) in [7, 11) is 1.53. The van der Waals surface area contributed by atoms with Gasteiger partial charge >= 0.3 is 0 Å². The van der Waals surface area contributed by atoms with Gasteiger partial charge in [0.25, 0.3) is 0 Å². The van der Waals surface area contributed by atoms with E-state index in [1.165, 1.54) is 25.7 Å². The Labute approximate surface area is 104 Å². The molecule has 6 heteroatoms. The van der Waals surface area contributed by atoms with Gasteiger partial charge in [0, 0.05) is 18.0 Å². The van der Waals surface area contributed by atoms with Crippen LogP contribution in [0.25, 0.3) is 0 Å². The van der Waals surface area contributed by atoms with Crippen molar-refractivity contribution >= 4 is 6.21 Å². The molecule has 0 bridgehead atoms. The summed E-state index contributed by atoms with van der Waals surface area (Å²) in [6.07, 6.45) is 5.90. The molecule has 6 nitrogen and oxygen atoms in total. The molecule has 0 saturated carbocycles. The average molecular weight is 245 g/mol. The SMILES string of the molecule is COc1cc(/C=N/O)ccc1Oc1cnccn1. The molecule has 0 fully saturated rings. The summed E-state index contributed by atoms with van der Waals surface area (Å²) in [5, 5.41) is 11.4. The van der Waals surface area contributed by atoms with E-state index < -0.39 is 0 Å². The fraction of sp³-hybridized carbons (Fsp3) is 0.0833. The molecule has 0 unspecified atom stereocenters. The molecule has 1 aromatic heterocycles. The second kappa shape index (κ2) is 5.62. The number of hydrogen-bond acceptors (Lipinski definition) is 6. The van der Waals surface area contributed by atoms with Crippen LogP contribution in [0.3, 0.4) is 0 Å². The second-order valence-corrected chi connectivity index (χ2v) is 3.30. The van der Waals surface area contributed by atoms with Gasteiger partial charge in [-0.05, 0) is 18.2 Å². The summed E-state index contributed by atoms with van der Waals surface area (Å²) in [4.78, 5) is 7.90. The third-order valence-electron chi connectivity index (χ3n) is 2.15. The highest BCUT2D eigenvalue weighted by Gasteiger charge is 2.07. The van der Waals surface area contributed by atoms with Crippen molar-refractivity contribution in [3.8, 4) is 17.4 Å². The monoisotopic (exact) mass is 245 g/mol. The summed E-state index contributed by atoms with van der Waals surface area (Å²) in [6.45, 7) is 0. The summed E-state index contributed by atoms with van der Waals surface area (Å²) < 4.78 is 10.7. The van der Waals surface area contributed by atoms with Crippen LogP contribution in [0.1, 0.15) is 5.56 Å². The Hall–Kier alpha value is -2.63. The van der Waals surface area contributed by atoms with Crippen molar-refractivity contribution in [1.82, 2.24) is 9.97 Å². The van der Waals surface area contributed by atoms with Gasteiger partial charge in [-0.1, -0.05) is 5.16 Å². The molecule has 0 aliphatic heterocycles. The fourth-order valence-electron chi connectivity index (χ4n) is 1.37. The van der Waals surface area contributed by atoms with Crippen LogP contribution in [0.5, 0.6) is 17.4 Å². The maximum atomic E-state index is 8.47. The van der Waals surface area contributed by atoms with Gasteiger partial charge in [0.05, 0.1) is 19.5 Å². The highest BCUT2D eigenvalue weighted by atomic mass is 16.5. The normalized spacial score (nSPS) is 10.5. The topological polar surface area (TPSA) is 76.8 Å². The minimum Gasteiger partial charge on any atom is -0.493 e. The van der Waals surface area contributed by atoms with Crippen LogP contribution in [0.2, 0.25) is 0 Å². The van der Waals surface area contributed by atoms with Gasteiger partial charge in [0.1, 0.15) is 0 Å². The molecular formula is C12H11N3O3. The lowest BCUT2D eigenvalue weighted by Crippen LogP contribution is -1.94. The smallest absolute Gasteiger partial charge is 0.238 e. The molecule has 2 rings (SSSR count). The molecule has 0 saturated heterocycles. The van der Waals surface area contributed by atoms with Crippen LogP contribution >= 0.6 is 0 Å². The van der Waals surface area contributed by atoms with Crippen molar-refractivity contribution in [1.29, 1.82) is 0 Å². The Morgan fingerprint density at radius 1 is 1.28 bits per heavy atom. The van der Waals surface area contributed by atoms with Gasteiger partial charge in [-0.25, -0.2) is 4.98 Å². The number of aromatic nitrogens is 2. The van der Waals surface area contributed by atoms with E-state index in [9.17, 15) is 0 Å². The molecule has 2 aromatic rings. The lowest BCUT2D eigenvalue weighted by Gasteiger charge is -2.09. The molecule has 18 heavy (non-hydrogen) atoms. The van der Waals surface area contributed by atoms with Crippen molar-refractivity contribution in [2.45, 2.75) is 0 Å². The maximum Gasteiger partial charge on any atom is 0.238 e. The summed E-state index contributed by atoms with van der Waals surface area (Å²) >= 11 is 0. The number of ether oxygens (including phenoxy) is 2. The van der Waals surface area contributed by atoms with Crippen LogP contribution in [0, 0.1) is 0 Å². The largest absolute Gasteiger partial charge is 0.493 e. The molecule has 0 aliphatic carbocycles. The Kier molecular flexibility index (Phi) is 3.70. The summed E-state index contributed by atoms with van der Waals surface area (Å²) in [5.41, 5.74) is 0.695. The second-order valence-electron chi connectivity index (χ2n) is 3.30. The van der Waals surface area contributed by atoms with E-state index in [2.05, 4.69) is 15.1 Å². The highest BCUT2D eigenvalue weighted by molar-refractivity contribution is 5.80. The molecular weight excluding hydrogens is 234 g/mol. The fourth-order valence-corrected chi connectivity index (χ4v) is 1.37. The molecule has 1 N–H and O–H groups in total. The molecule has 0 aliphatic rings. The van der Waals surface area contributed by atoms with E-state index in [-0.39, 0.29) is 0 Å². The van der Waals surface area contributed by atoms with Crippen LogP contribution in [-0.4, -0.2) is 28.5 Å². The maximum absolute atomic E-state index is 8.47. The van der Waals surface area contributed by atoms with Gasteiger partial charge in [-0.2, -0.15) is 0 Å². The Bertz CT molecular complexity index is 544. The van der Waals surface area contributed by atoms with Gasteiger partial charge in [0.2, 0.25) is 5.88 Å². The molecule has 1 heterocycles. The minimum absolute atomic E-state index is 0.374. The van der Waals surface area contributed by atoms with E-state index in [4.69, 9.17) is 14.7 Å². The van der Waals surface area contributed by atoms with Crippen molar-refractivity contribution < 1.29 is 14.7 Å². The molecule has 92 valence electrons. The first-order chi connectivity index (χ1) is 8.83. The van der Waals surface area contributed by atoms with Gasteiger partial charge < -0.3 is 14.7 Å². The van der Waals surface area contributed by atoms with E-state index in [1.807, 2.05) is 0 Å². The molecule has 0 spiro atoms. The van der Waals surface area contributed by atoms with Gasteiger partial charge in [0.15, 0.2) is 11.5 Å². The zero-order chi connectivity index (χ0) is 12.8. The molecule has 0 amide bonds. The first-order valence-electron chi connectivity index (χ1n) is 5.13. The number of oxime groups is 1. The summed E-state index contributed by atoms with van der Waals surface area (Å²) in [5.74, 6) is 1.39. The van der Waals surface area contributed by atoms with Crippen molar-refractivity contribution in [3.05, 3.63) is 42.4 Å². The number of methoxy groups -OCH3 is 1. The Morgan fingerprint density at radius 2 is 2.17 bits per heavy atom. The van der Waals surface area contributed by atoms with Crippen molar-refractivity contribution in [2.75, 3.05) is 7.11 Å². The van der Waals surface area contributed by atoms with E-state index in [0.717, 1.165) is 0 Å². The quantitative estimate of drug-likeness (QED) is 0.507. The summed E-state index contributed by atoms with van der Waals surface area (Å²) in [6, 6.07) is 5.11. The molecule has 0 radical (unpaired) electrons. The van der Waals surface area contributed by atoms with E-state index in [0.29, 0.717) is 22.9 Å². The van der Waals surface area contributed by atoms with E-state index in [1.54, 1.807) is 24.4 Å². The molecule has 0 atom stereocenters. The van der Waals surface area contributed by atoms with Crippen LogP contribution in [0.4, 0.5) is 0 Å². The Balaban J connectivity index is 2.28. The van der Waals surface area contributed by atoms with Gasteiger partial charge in [-0.15, -0.1) is 0 Å². The number of hydrogen-bond donors (Lipinski definition) is 1. The third kappa shape index (κ3) is 2.73. The van der Waals surface area contributed by atoms with Gasteiger partial charge in [-0.3, -0.25) is 4.98 Å².